The Morgan fingerprint density at radius 3 is 2.53 bits per heavy atom. The molecule has 12 heteroatoms. The van der Waals surface area contributed by atoms with Gasteiger partial charge in [-0.05, 0) is 65.7 Å². The lowest BCUT2D eigenvalue weighted by Crippen LogP contribution is -2.23. The maximum atomic E-state index is 12.9. The Bertz CT molecular complexity index is 1520. The van der Waals surface area contributed by atoms with Gasteiger partial charge in [-0.3, -0.25) is 19.8 Å². The van der Waals surface area contributed by atoms with Gasteiger partial charge >= 0.3 is 5.97 Å². The van der Waals surface area contributed by atoms with E-state index in [2.05, 4.69) is 4.99 Å². The number of ether oxygens (including phenoxy) is 1. The molecule has 0 saturated carbocycles. The Kier molecular flexibility index (Phi) is 8.05. The molecule has 1 aliphatic heterocycles. The Hall–Kier alpha value is -3.86. The zero-order valence-electron chi connectivity index (χ0n) is 20.0. The van der Waals surface area contributed by atoms with E-state index >= 15 is 0 Å². The first-order chi connectivity index (χ1) is 18.0. The van der Waals surface area contributed by atoms with Crippen LogP contribution in [0.25, 0.3) is 6.08 Å². The molecule has 1 heterocycles. The van der Waals surface area contributed by atoms with Crippen LogP contribution in [-0.4, -0.2) is 39.0 Å². The number of carbonyl (C=O) groups excluding carboxylic acids is 1. The first-order valence-corrected chi connectivity index (χ1v) is 12.6. The average Bonchev–Trinajstić information content (AvgIpc) is 3.12. The monoisotopic (exact) mass is 571 g/mol. The van der Waals surface area contributed by atoms with Crippen LogP contribution in [0.5, 0.6) is 5.75 Å². The van der Waals surface area contributed by atoms with Gasteiger partial charge in [0.1, 0.15) is 6.61 Å². The lowest BCUT2D eigenvalue weighted by atomic mass is 10.1. The smallest absolute Gasteiger partial charge is 0.336 e. The van der Waals surface area contributed by atoms with Crippen molar-refractivity contribution in [1.82, 2.24) is 4.90 Å². The van der Waals surface area contributed by atoms with E-state index in [1.807, 2.05) is 0 Å². The molecule has 0 radical (unpaired) electrons. The molecular formula is C26H19Cl2N3O6S. The number of nitrogens with zero attached hydrogens (tertiary/aromatic N) is 3. The molecule has 38 heavy (non-hydrogen) atoms. The number of amidine groups is 1. The quantitative estimate of drug-likeness (QED) is 0.189. The van der Waals surface area contributed by atoms with Crippen molar-refractivity contribution in [3.05, 3.63) is 102 Å². The zero-order chi connectivity index (χ0) is 27.6. The number of likely N-dealkylation sites (N-methyl/N-ethyl adjacent to an activating group) is 1. The van der Waals surface area contributed by atoms with E-state index in [9.17, 15) is 24.8 Å². The molecule has 0 aliphatic carbocycles. The van der Waals surface area contributed by atoms with Crippen molar-refractivity contribution in [2.24, 2.45) is 4.99 Å². The second kappa shape index (κ2) is 11.3. The summed E-state index contributed by atoms with van der Waals surface area (Å²) < 4.78 is 5.72. The maximum Gasteiger partial charge on any atom is 0.336 e. The van der Waals surface area contributed by atoms with Crippen molar-refractivity contribution in [1.29, 1.82) is 0 Å². The maximum absolute atomic E-state index is 12.9. The number of rotatable bonds is 7. The number of nitro groups is 1. The van der Waals surface area contributed by atoms with Gasteiger partial charge in [-0.15, -0.1) is 0 Å². The van der Waals surface area contributed by atoms with Gasteiger partial charge in [0.2, 0.25) is 0 Å². The van der Waals surface area contributed by atoms with Crippen molar-refractivity contribution in [3.63, 3.8) is 0 Å². The molecule has 1 aliphatic rings. The molecular weight excluding hydrogens is 553 g/mol. The number of hydrogen-bond donors (Lipinski definition) is 1. The number of hydrogen-bond acceptors (Lipinski definition) is 7. The summed E-state index contributed by atoms with van der Waals surface area (Å²) in [5, 5.41) is 21.1. The third kappa shape index (κ3) is 5.83. The summed E-state index contributed by atoms with van der Waals surface area (Å²) >= 11 is 13.9. The van der Waals surface area contributed by atoms with Gasteiger partial charge < -0.3 is 9.84 Å². The third-order valence-corrected chi connectivity index (χ3v) is 7.20. The van der Waals surface area contributed by atoms with Crippen molar-refractivity contribution in [2.45, 2.75) is 13.5 Å². The molecule has 3 aromatic carbocycles. The Morgan fingerprint density at radius 2 is 1.87 bits per heavy atom. The fourth-order valence-electron chi connectivity index (χ4n) is 3.60. The minimum atomic E-state index is -1.06. The molecule has 0 atom stereocenters. The van der Waals surface area contributed by atoms with Crippen LogP contribution in [0.4, 0.5) is 11.4 Å². The number of aromatic carboxylic acids is 1. The number of non-ortho nitro benzene ring substituents is 1. The highest BCUT2D eigenvalue weighted by molar-refractivity contribution is 8.18. The van der Waals surface area contributed by atoms with Crippen molar-refractivity contribution in [3.8, 4) is 5.75 Å². The largest absolute Gasteiger partial charge is 0.486 e. The highest BCUT2D eigenvalue weighted by atomic mass is 35.5. The summed E-state index contributed by atoms with van der Waals surface area (Å²) in [7, 11) is 1.58. The molecule has 9 nitrogen and oxygen atoms in total. The van der Waals surface area contributed by atoms with Crippen LogP contribution in [-0.2, 0) is 11.4 Å². The topological polar surface area (TPSA) is 122 Å². The van der Waals surface area contributed by atoms with Gasteiger partial charge in [0, 0.05) is 19.2 Å². The van der Waals surface area contributed by atoms with Gasteiger partial charge in [-0.25, -0.2) is 9.79 Å². The van der Waals surface area contributed by atoms with Crippen LogP contribution >= 0.6 is 35.0 Å². The van der Waals surface area contributed by atoms with Gasteiger partial charge in [0.25, 0.3) is 11.6 Å². The van der Waals surface area contributed by atoms with Crippen molar-refractivity contribution in [2.75, 3.05) is 7.05 Å². The van der Waals surface area contributed by atoms with Crippen LogP contribution in [0, 0.1) is 17.0 Å². The molecule has 1 N–H and O–H groups in total. The van der Waals surface area contributed by atoms with Crippen LogP contribution < -0.4 is 4.74 Å². The first-order valence-electron chi connectivity index (χ1n) is 11.0. The average molecular weight is 572 g/mol. The second-order valence-corrected chi connectivity index (χ2v) is 9.98. The van der Waals surface area contributed by atoms with Crippen molar-refractivity contribution < 1.29 is 24.4 Å². The number of aliphatic imine (C=N–C) groups is 1. The van der Waals surface area contributed by atoms with Gasteiger partial charge in [-0.2, -0.15) is 0 Å². The SMILES string of the molecule is Cc1c(N=C2S/C(=C\c3cc(Cl)c(OCc4cccc([N+](=O)[O-])c4)c(Cl)c3)C(=O)N2C)cccc1C(=O)O. The Labute approximate surface area is 231 Å². The van der Waals surface area contributed by atoms with E-state index in [4.69, 9.17) is 27.9 Å². The summed E-state index contributed by atoms with van der Waals surface area (Å²) in [5.41, 5.74) is 2.15. The number of thioether (sulfide) groups is 1. The van der Waals surface area contributed by atoms with E-state index in [-0.39, 0.29) is 39.6 Å². The summed E-state index contributed by atoms with van der Waals surface area (Å²) in [6, 6.07) is 14.0. The summed E-state index contributed by atoms with van der Waals surface area (Å²) in [4.78, 5) is 41.0. The highest BCUT2D eigenvalue weighted by Crippen LogP contribution is 2.38. The predicted molar refractivity (Wildman–Crippen MR) is 147 cm³/mol. The Balaban J connectivity index is 1.55. The molecule has 0 aromatic heterocycles. The number of carboxylic acid groups (broad SMARTS) is 1. The van der Waals surface area contributed by atoms with Crippen LogP contribution in [0.1, 0.15) is 27.0 Å². The second-order valence-electron chi connectivity index (χ2n) is 8.15. The zero-order valence-corrected chi connectivity index (χ0v) is 22.3. The van der Waals surface area contributed by atoms with Crippen LogP contribution in [0.3, 0.4) is 0 Å². The molecule has 194 valence electrons. The standard InChI is InChI=1S/C26H19Cl2N3O6S/c1-14-18(25(33)34)7-4-8-21(14)29-26-30(2)24(32)22(38-26)12-16-10-19(27)23(20(28)11-16)37-13-15-5-3-6-17(9-15)31(35)36/h3-12H,13H2,1-2H3,(H,33,34)/b22-12-,29-26?. The molecule has 0 unspecified atom stereocenters. The summed E-state index contributed by atoms with van der Waals surface area (Å²) in [6.45, 7) is 1.68. The fraction of sp³-hybridized carbons (Fsp3) is 0.115. The molecule has 0 spiro atoms. The highest BCUT2D eigenvalue weighted by Gasteiger charge is 2.31. The van der Waals surface area contributed by atoms with Gasteiger partial charge in [0.15, 0.2) is 10.9 Å². The molecule has 1 saturated heterocycles. The molecule has 3 aromatic rings. The molecule has 1 fully saturated rings. The fourth-order valence-corrected chi connectivity index (χ4v) is 5.19. The number of halogens is 2. The normalized spacial score (nSPS) is 15.4. The minimum Gasteiger partial charge on any atom is -0.486 e. The predicted octanol–water partition coefficient (Wildman–Crippen LogP) is 6.72. The number of carbonyl (C=O) groups is 2. The lowest BCUT2D eigenvalue weighted by molar-refractivity contribution is -0.384. The first kappa shape index (κ1) is 27.2. The number of amides is 1. The van der Waals surface area contributed by atoms with Gasteiger partial charge in [-0.1, -0.05) is 41.4 Å². The number of benzene rings is 3. The van der Waals surface area contributed by atoms with Crippen LogP contribution in [0.2, 0.25) is 10.0 Å². The van der Waals surface area contributed by atoms with Crippen molar-refractivity contribution >= 4 is 69.5 Å². The number of nitro benzene ring substituents is 1. The van der Waals surface area contributed by atoms with Crippen LogP contribution in [0.15, 0.2) is 64.5 Å². The van der Waals surface area contributed by atoms with E-state index < -0.39 is 10.9 Å². The number of carboxylic acids is 1. The molecule has 0 bridgehead atoms. The van der Waals surface area contributed by atoms with E-state index in [0.717, 1.165) is 11.8 Å². The van der Waals surface area contributed by atoms with E-state index in [1.165, 1.54) is 23.1 Å². The van der Waals surface area contributed by atoms with E-state index in [1.54, 1.807) is 56.4 Å². The molecule has 4 rings (SSSR count). The lowest BCUT2D eigenvalue weighted by Gasteiger charge is -2.11. The third-order valence-electron chi connectivity index (χ3n) is 5.58. The Morgan fingerprint density at radius 1 is 1.18 bits per heavy atom. The summed E-state index contributed by atoms with van der Waals surface area (Å²) in [5.74, 6) is -1.14. The van der Waals surface area contributed by atoms with Gasteiger partial charge in [0.05, 0.1) is 31.1 Å². The van der Waals surface area contributed by atoms with E-state index in [0.29, 0.717) is 32.5 Å². The molecule has 1 amide bonds. The minimum absolute atomic E-state index is 0.0169. The summed E-state index contributed by atoms with van der Waals surface area (Å²) in [6.07, 6.45) is 1.62.